The first kappa shape index (κ1) is 14.6. The van der Waals surface area contributed by atoms with E-state index in [9.17, 15) is 4.79 Å². The monoisotopic (exact) mass is 269 g/mol. The lowest BCUT2D eigenvalue weighted by Gasteiger charge is -2.33. The van der Waals surface area contributed by atoms with Crippen LogP contribution in [0.4, 0.5) is 4.79 Å². The Kier molecular flexibility index (Phi) is 4.71. The maximum Gasteiger partial charge on any atom is 0.407 e. The summed E-state index contributed by atoms with van der Waals surface area (Å²) in [5.41, 5.74) is -0.421. The van der Waals surface area contributed by atoms with Crippen molar-refractivity contribution >= 4 is 6.09 Å². The Bertz CT molecular complexity index is 307. The zero-order valence-corrected chi connectivity index (χ0v) is 12.4. The molecule has 1 saturated heterocycles. The predicted octanol–water partition coefficient (Wildman–Crippen LogP) is 3.25. The molecule has 0 aromatic heterocycles. The zero-order valence-electron chi connectivity index (χ0n) is 12.4. The van der Waals surface area contributed by atoms with Crippen LogP contribution in [0, 0.1) is 5.92 Å². The quantitative estimate of drug-likeness (QED) is 0.797. The van der Waals surface area contributed by atoms with Gasteiger partial charge in [-0.3, -0.25) is 0 Å². The van der Waals surface area contributed by atoms with Gasteiger partial charge in [-0.25, -0.2) is 4.79 Å². The van der Waals surface area contributed by atoms with Crippen LogP contribution in [-0.4, -0.2) is 30.4 Å². The maximum atomic E-state index is 11.9. The van der Waals surface area contributed by atoms with Crippen molar-refractivity contribution < 1.29 is 14.3 Å². The van der Waals surface area contributed by atoms with E-state index in [1.165, 1.54) is 19.3 Å². The van der Waals surface area contributed by atoms with Gasteiger partial charge in [0.2, 0.25) is 0 Å². The van der Waals surface area contributed by atoms with Crippen LogP contribution < -0.4 is 5.32 Å². The summed E-state index contributed by atoms with van der Waals surface area (Å²) >= 11 is 0. The second-order valence-corrected chi connectivity index (χ2v) is 6.83. The Labute approximate surface area is 116 Å². The van der Waals surface area contributed by atoms with E-state index in [4.69, 9.17) is 9.47 Å². The van der Waals surface area contributed by atoms with Gasteiger partial charge in [0, 0.05) is 6.04 Å². The molecule has 110 valence electrons. The highest BCUT2D eigenvalue weighted by molar-refractivity contribution is 5.68. The zero-order chi connectivity index (χ0) is 13.9. The molecule has 1 heterocycles. The molecule has 1 amide bonds. The fourth-order valence-electron chi connectivity index (χ4n) is 2.84. The maximum absolute atomic E-state index is 11.9. The molecule has 4 nitrogen and oxygen atoms in total. The molecule has 2 rings (SSSR count). The minimum atomic E-state index is -0.421. The van der Waals surface area contributed by atoms with Gasteiger partial charge in [-0.2, -0.15) is 0 Å². The first-order valence-corrected chi connectivity index (χ1v) is 7.55. The Morgan fingerprint density at radius 3 is 2.58 bits per heavy atom. The average molecular weight is 269 g/mol. The highest BCUT2D eigenvalue weighted by Crippen LogP contribution is 2.30. The number of ether oxygens (including phenoxy) is 2. The van der Waals surface area contributed by atoms with E-state index in [2.05, 4.69) is 5.32 Å². The van der Waals surface area contributed by atoms with Gasteiger partial charge in [0.15, 0.2) is 0 Å². The van der Waals surface area contributed by atoms with Crippen molar-refractivity contribution in [3.8, 4) is 0 Å². The minimum Gasteiger partial charge on any atom is -0.444 e. The molecular weight excluding hydrogens is 242 g/mol. The SMILES string of the molecule is CC(C)(C)OC(=O)NC1CCCC[C@H]1CC[C@@H]1CO1. The van der Waals surface area contributed by atoms with Gasteiger partial charge in [-0.1, -0.05) is 12.8 Å². The van der Waals surface area contributed by atoms with Gasteiger partial charge < -0.3 is 14.8 Å². The van der Waals surface area contributed by atoms with E-state index in [0.717, 1.165) is 25.9 Å². The van der Waals surface area contributed by atoms with Gasteiger partial charge in [-0.15, -0.1) is 0 Å². The number of hydrogen-bond acceptors (Lipinski definition) is 3. The van der Waals surface area contributed by atoms with Crippen LogP contribution in [0.2, 0.25) is 0 Å². The molecule has 0 aromatic carbocycles. The van der Waals surface area contributed by atoms with Crippen molar-refractivity contribution in [1.29, 1.82) is 0 Å². The van der Waals surface area contributed by atoms with Gasteiger partial charge >= 0.3 is 6.09 Å². The molecule has 1 aliphatic carbocycles. The van der Waals surface area contributed by atoms with E-state index in [1.54, 1.807) is 0 Å². The van der Waals surface area contributed by atoms with Crippen LogP contribution in [0.3, 0.4) is 0 Å². The lowest BCUT2D eigenvalue weighted by atomic mass is 9.81. The predicted molar refractivity (Wildman–Crippen MR) is 74.1 cm³/mol. The molecule has 1 N–H and O–H groups in total. The third-order valence-electron chi connectivity index (χ3n) is 3.87. The summed E-state index contributed by atoms with van der Waals surface area (Å²) in [6.45, 7) is 6.62. The number of carbonyl (C=O) groups is 1. The summed E-state index contributed by atoms with van der Waals surface area (Å²) in [4.78, 5) is 11.9. The molecule has 0 radical (unpaired) electrons. The highest BCUT2D eigenvalue weighted by Gasteiger charge is 2.30. The molecule has 3 atom stereocenters. The number of epoxide rings is 1. The van der Waals surface area contributed by atoms with Crippen molar-refractivity contribution in [2.75, 3.05) is 6.61 Å². The third kappa shape index (κ3) is 5.39. The molecule has 1 saturated carbocycles. The van der Waals surface area contributed by atoms with Crippen LogP contribution >= 0.6 is 0 Å². The summed E-state index contributed by atoms with van der Waals surface area (Å²) in [5, 5.41) is 3.07. The standard InChI is InChI=1S/C15H27NO3/c1-15(2,3)19-14(17)16-13-7-5-4-6-11(13)8-9-12-10-18-12/h11-13H,4-10H2,1-3H3,(H,16,17)/t11-,12+,13?/m0/s1. The summed E-state index contributed by atoms with van der Waals surface area (Å²) in [5.74, 6) is 0.588. The second kappa shape index (κ2) is 6.12. The fourth-order valence-corrected chi connectivity index (χ4v) is 2.84. The van der Waals surface area contributed by atoms with Crippen molar-refractivity contribution in [3.05, 3.63) is 0 Å². The van der Waals surface area contributed by atoms with Crippen molar-refractivity contribution in [2.24, 2.45) is 5.92 Å². The molecule has 4 heteroatoms. The summed E-state index contributed by atoms with van der Waals surface area (Å²) in [6.07, 6.45) is 7.29. The first-order valence-electron chi connectivity index (χ1n) is 7.55. The first-order chi connectivity index (χ1) is 8.94. The van der Waals surface area contributed by atoms with Crippen LogP contribution in [0.5, 0.6) is 0 Å². The fraction of sp³-hybridized carbons (Fsp3) is 0.933. The number of alkyl carbamates (subject to hydrolysis) is 1. The number of rotatable bonds is 4. The number of carbonyl (C=O) groups excluding carboxylic acids is 1. The summed E-state index contributed by atoms with van der Waals surface area (Å²) in [6, 6.07) is 0.280. The van der Waals surface area contributed by atoms with Crippen LogP contribution in [0.1, 0.15) is 59.3 Å². The number of amides is 1. The van der Waals surface area contributed by atoms with Gasteiger partial charge in [0.05, 0.1) is 12.7 Å². The van der Waals surface area contributed by atoms with Crippen LogP contribution in [0.15, 0.2) is 0 Å². The second-order valence-electron chi connectivity index (χ2n) is 6.83. The van der Waals surface area contributed by atoms with E-state index >= 15 is 0 Å². The van der Waals surface area contributed by atoms with Crippen LogP contribution in [0.25, 0.3) is 0 Å². The van der Waals surface area contributed by atoms with E-state index in [-0.39, 0.29) is 12.1 Å². The van der Waals surface area contributed by atoms with E-state index in [0.29, 0.717) is 12.0 Å². The Balaban J connectivity index is 1.78. The van der Waals surface area contributed by atoms with E-state index in [1.807, 2.05) is 20.8 Å². The van der Waals surface area contributed by atoms with Gasteiger partial charge in [0.1, 0.15) is 5.60 Å². The molecule has 0 spiro atoms. The van der Waals surface area contributed by atoms with Crippen molar-refractivity contribution in [1.82, 2.24) is 5.32 Å². The minimum absolute atomic E-state index is 0.271. The molecular formula is C15H27NO3. The number of nitrogens with one attached hydrogen (secondary N) is 1. The van der Waals surface area contributed by atoms with Gasteiger partial charge in [-0.05, 0) is 52.4 Å². The van der Waals surface area contributed by atoms with Crippen LogP contribution in [-0.2, 0) is 9.47 Å². The normalized spacial score (nSPS) is 30.8. The Hall–Kier alpha value is -0.770. The Morgan fingerprint density at radius 2 is 1.95 bits per heavy atom. The van der Waals surface area contributed by atoms with Gasteiger partial charge in [0.25, 0.3) is 0 Å². The summed E-state index contributed by atoms with van der Waals surface area (Å²) in [7, 11) is 0. The molecule has 0 aromatic rings. The molecule has 19 heavy (non-hydrogen) atoms. The van der Waals surface area contributed by atoms with E-state index < -0.39 is 5.60 Å². The highest BCUT2D eigenvalue weighted by atomic mass is 16.6. The molecule has 2 aliphatic rings. The smallest absolute Gasteiger partial charge is 0.407 e. The lowest BCUT2D eigenvalue weighted by molar-refractivity contribution is 0.0465. The third-order valence-corrected chi connectivity index (χ3v) is 3.87. The van der Waals surface area contributed by atoms with Crippen molar-refractivity contribution in [2.45, 2.75) is 77.0 Å². The molecule has 1 aliphatic heterocycles. The van der Waals surface area contributed by atoms with Crippen molar-refractivity contribution in [3.63, 3.8) is 0 Å². The Morgan fingerprint density at radius 1 is 1.26 bits per heavy atom. The average Bonchev–Trinajstić information content (AvgIpc) is 3.09. The summed E-state index contributed by atoms with van der Waals surface area (Å²) < 4.78 is 10.6. The largest absolute Gasteiger partial charge is 0.444 e. The molecule has 2 fully saturated rings. The topological polar surface area (TPSA) is 50.9 Å². The number of hydrogen-bond donors (Lipinski definition) is 1. The molecule has 1 unspecified atom stereocenters. The molecule has 0 bridgehead atoms. The lowest BCUT2D eigenvalue weighted by Crippen LogP contribution is -2.44.